The van der Waals surface area contributed by atoms with E-state index in [1.165, 1.54) is 11.8 Å². The SMILES string of the molecule is CC(=O)N(CCS(=O)(=O)O)c1ccccc1. The Kier molecular flexibility index (Phi) is 4.03. The molecule has 0 heterocycles. The van der Waals surface area contributed by atoms with Crippen molar-refractivity contribution in [1.82, 2.24) is 0 Å². The highest BCUT2D eigenvalue weighted by Gasteiger charge is 2.14. The molecule has 6 heteroatoms. The Morgan fingerprint density at radius 1 is 1.31 bits per heavy atom. The largest absolute Gasteiger partial charge is 0.312 e. The molecule has 0 spiro atoms. The number of hydrogen-bond acceptors (Lipinski definition) is 3. The van der Waals surface area contributed by atoms with Gasteiger partial charge in [0.05, 0.1) is 5.75 Å². The number of anilines is 1. The number of rotatable bonds is 4. The van der Waals surface area contributed by atoms with Gasteiger partial charge in [-0.1, -0.05) is 18.2 Å². The number of hydrogen-bond donors (Lipinski definition) is 1. The van der Waals surface area contributed by atoms with Gasteiger partial charge in [0, 0.05) is 19.2 Å². The molecule has 0 radical (unpaired) electrons. The minimum absolute atomic E-state index is 0.0574. The van der Waals surface area contributed by atoms with Gasteiger partial charge in [-0.05, 0) is 12.1 Å². The van der Waals surface area contributed by atoms with Crippen LogP contribution in [0.5, 0.6) is 0 Å². The lowest BCUT2D eigenvalue weighted by Crippen LogP contribution is -2.33. The predicted molar refractivity (Wildman–Crippen MR) is 60.9 cm³/mol. The predicted octanol–water partition coefficient (Wildman–Crippen LogP) is 0.927. The highest BCUT2D eigenvalue weighted by atomic mass is 32.2. The van der Waals surface area contributed by atoms with E-state index in [4.69, 9.17) is 4.55 Å². The molecule has 0 unspecified atom stereocenters. The van der Waals surface area contributed by atoms with Crippen LogP contribution in [0.1, 0.15) is 6.92 Å². The van der Waals surface area contributed by atoms with E-state index >= 15 is 0 Å². The summed E-state index contributed by atoms with van der Waals surface area (Å²) in [5.41, 5.74) is 0.610. The summed E-state index contributed by atoms with van der Waals surface area (Å²) < 4.78 is 29.8. The summed E-state index contributed by atoms with van der Waals surface area (Å²) in [5, 5.41) is 0. The van der Waals surface area contributed by atoms with Gasteiger partial charge < -0.3 is 4.90 Å². The first-order valence-corrected chi connectivity index (χ1v) is 6.29. The fraction of sp³-hybridized carbons (Fsp3) is 0.300. The molecule has 5 nitrogen and oxygen atoms in total. The zero-order valence-electron chi connectivity index (χ0n) is 8.83. The number of amides is 1. The molecule has 0 aliphatic heterocycles. The molecular formula is C10H13NO4S. The third-order valence-electron chi connectivity index (χ3n) is 2.02. The highest BCUT2D eigenvalue weighted by Crippen LogP contribution is 2.13. The Morgan fingerprint density at radius 3 is 2.31 bits per heavy atom. The average molecular weight is 243 g/mol. The summed E-state index contributed by atoms with van der Waals surface area (Å²) in [6.45, 7) is 1.29. The Balaban J connectivity index is 2.81. The number of para-hydroxylation sites is 1. The Hall–Kier alpha value is -1.40. The number of nitrogens with zero attached hydrogens (tertiary/aromatic N) is 1. The van der Waals surface area contributed by atoms with Crippen LogP contribution in [0.4, 0.5) is 5.69 Å². The van der Waals surface area contributed by atoms with E-state index in [0.29, 0.717) is 5.69 Å². The van der Waals surface area contributed by atoms with E-state index in [-0.39, 0.29) is 12.5 Å². The molecule has 0 aromatic heterocycles. The van der Waals surface area contributed by atoms with Crippen LogP contribution in [0, 0.1) is 0 Å². The van der Waals surface area contributed by atoms with Gasteiger partial charge in [0.1, 0.15) is 0 Å². The van der Waals surface area contributed by atoms with Crippen LogP contribution < -0.4 is 4.90 Å². The highest BCUT2D eigenvalue weighted by molar-refractivity contribution is 7.85. The fourth-order valence-corrected chi connectivity index (χ4v) is 1.70. The summed E-state index contributed by atoms with van der Waals surface area (Å²) in [6, 6.07) is 8.69. The lowest BCUT2D eigenvalue weighted by atomic mass is 10.3. The first-order chi connectivity index (χ1) is 7.40. The van der Waals surface area contributed by atoms with Gasteiger partial charge in [-0.2, -0.15) is 8.42 Å². The molecule has 1 rings (SSSR count). The molecule has 1 aromatic carbocycles. The second-order valence-corrected chi connectivity index (χ2v) is 4.86. The molecule has 0 fully saturated rings. The molecule has 0 aliphatic rings. The Labute approximate surface area is 94.4 Å². The third-order valence-corrected chi connectivity index (χ3v) is 2.72. The van der Waals surface area contributed by atoms with Crippen molar-refractivity contribution >= 4 is 21.7 Å². The smallest absolute Gasteiger partial charge is 0.266 e. The first-order valence-electron chi connectivity index (χ1n) is 4.68. The van der Waals surface area contributed by atoms with Crippen molar-refractivity contribution in [2.45, 2.75) is 6.92 Å². The standard InChI is InChI=1S/C10H13NO4S/c1-9(12)11(7-8-16(13,14)15)10-5-3-2-4-6-10/h2-6H,7-8H2,1H3,(H,13,14,15). The van der Waals surface area contributed by atoms with Gasteiger partial charge in [0.15, 0.2) is 0 Å². The Bertz CT molecular complexity index is 455. The van der Waals surface area contributed by atoms with Crippen LogP contribution in [-0.4, -0.2) is 31.2 Å². The number of carbonyl (C=O) groups excluding carboxylic acids is 1. The zero-order chi connectivity index (χ0) is 12.2. The van der Waals surface area contributed by atoms with Crippen LogP contribution in [0.15, 0.2) is 30.3 Å². The van der Waals surface area contributed by atoms with Crippen molar-refractivity contribution < 1.29 is 17.8 Å². The van der Waals surface area contributed by atoms with Crippen molar-refractivity contribution in [2.75, 3.05) is 17.2 Å². The second kappa shape index (κ2) is 5.09. The molecular weight excluding hydrogens is 230 g/mol. The summed E-state index contributed by atoms with van der Waals surface area (Å²) >= 11 is 0. The van der Waals surface area contributed by atoms with Crippen LogP contribution in [0.3, 0.4) is 0 Å². The van der Waals surface area contributed by atoms with Crippen LogP contribution >= 0.6 is 0 Å². The molecule has 0 saturated heterocycles. The molecule has 1 amide bonds. The van der Waals surface area contributed by atoms with Crippen molar-refractivity contribution in [2.24, 2.45) is 0 Å². The molecule has 0 aliphatic carbocycles. The zero-order valence-corrected chi connectivity index (χ0v) is 9.64. The van der Waals surface area contributed by atoms with E-state index in [2.05, 4.69) is 0 Å². The normalized spacial score (nSPS) is 11.1. The third kappa shape index (κ3) is 4.00. The Morgan fingerprint density at radius 2 is 1.88 bits per heavy atom. The molecule has 1 N–H and O–H groups in total. The van der Waals surface area contributed by atoms with Gasteiger partial charge in [0.25, 0.3) is 10.1 Å². The number of carbonyl (C=O) groups is 1. The fourth-order valence-electron chi connectivity index (χ4n) is 1.28. The van der Waals surface area contributed by atoms with E-state index < -0.39 is 15.9 Å². The summed E-state index contributed by atoms with van der Waals surface area (Å²) in [4.78, 5) is 12.6. The van der Waals surface area contributed by atoms with E-state index in [0.717, 1.165) is 0 Å². The average Bonchev–Trinajstić information content (AvgIpc) is 2.17. The lowest BCUT2D eigenvalue weighted by Gasteiger charge is -2.20. The summed E-state index contributed by atoms with van der Waals surface area (Å²) in [5.74, 6) is -0.739. The maximum atomic E-state index is 11.3. The maximum absolute atomic E-state index is 11.3. The van der Waals surface area contributed by atoms with Crippen LogP contribution in [0.25, 0.3) is 0 Å². The summed E-state index contributed by atoms with van der Waals surface area (Å²) in [7, 11) is -4.05. The molecule has 0 atom stereocenters. The van der Waals surface area contributed by atoms with Gasteiger partial charge in [-0.3, -0.25) is 9.35 Å². The summed E-state index contributed by atoms with van der Waals surface area (Å²) in [6.07, 6.45) is 0. The maximum Gasteiger partial charge on any atom is 0.266 e. The topological polar surface area (TPSA) is 74.7 Å². The first kappa shape index (κ1) is 12.7. The van der Waals surface area contributed by atoms with E-state index in [9.17, 15) is 13.2 Å². The van der Waals surface area contributed by atoms with Crippen molar-refractivity contribution in [3.63, 3.8) is 0 Å². The van der Waals surface area contributed by atoms with Crippen LogP contribution in [0.2, 0.25) is 0 Å². The minimum atomic E-state index is -4.05. The number of benzene rings is 1. The van der Waals surface area contributed by atoms with Crippen molar-refractivity contribution in [3.8, 4) is 0 Å². The van der Waals surface area contributed by atoms with E-state index in [1.807, 2.05) is 0 Å². The molecule has 88 valence electrons. The minimum Gasteiger partial charge on any atom is -0.312 e. The van der Waals surface area contributed by atoms with Gasteiger partial charge >= 0.3 is 0 Å². The molecule has 0 saturated carbocycles. The van der Waals surface area contributed by atoms with Crippen LogP contribution in [-0.2, 0) is 14.9 Å². The van der Waals surface area contributed by atoms with Gasteiger partial charge in [-0.25, -0.2) is 0 Å². The molecule has 1 aromatic rings. The van der Waals surface area contributed by atoms with E-state index in [1.54, 1.807) is 30.3 Å². The van der Waals surface area contributed by atoms with Gasteiger partial charge in [0.2, 0.25) is 5.91 Å². The van der Waals surface area contributed by atoms with Crippen molar-refractivity contribution in [3.05, 3.63) is 30.3 Å². The molecule has 0 bridgehead atoms. The van der Waals surface area contributed by atoms with Gasteiger partial charge in [-0.15, -0.1) is 0 Å². The monoisotopic (exact) mass is 243 g/mol. The van der Waals surface area contributed by atoms with Crippen molar-refractivity contribution in [1.29, 1.82) is 0 Å². The lowest BCUT2D eigenvalue weighted by molar-refractivity contribution is -0.116. The molecule has 16 heavy (non-hydrogen) atoms. The quantitative estimate of drug-likeness (QED) is 0.798. The second-order valence-electron chi connectivity index (χ2n) is 3.29.